The molecule has 0 amide bonds. The monoisotopic (exact) mass is 502 g/mol. The van der Waals surface area contributed by atoms with Crippen LogP contribution < -0.4 is 9.46 Å². The van der Waals surface area contributed by atoms with Crippen molar-refractivity contribution < 1.29 is 13.2 Å². The van der Waals surface area contributed by atoms with Crippen molar-refractivity contribution in [3.63, 3.8) is 0 Å². The van der Waals surface area contributed by atoms with Gasteiger partial charge in [0.05, 0.1) is 22.0 Å². The Morgan fingerprint density at radius 3 is 2.50 bits per heavy atom. The van der Waals surface area contributed by atoms with E-state index in [2.05, 4.69) is 19.5 Å². The van der Waals surface area contributed by atoms with Crippen LogP contribution in [0.1, 0.15) is 12.8 Å². The van der Waals surface area contributed by atoms with Crippen molar-refractivity contribution in [2.24, 2.45) is 0 Å². The molecule has 0 atom stereocenters. The SMILES string of the molecule is O=S(=O)(NCCN1CCCN(CCCOc2ccccc2)CC1)c1ccc(Cl)c2ncccc12. The third-order valence-corrected chi connectivity index (χ3v) is 7.83. The Labute approximate surface area is 206 Å². The van der Waals surface area contributed by atoms with Gasteiger partial charge in [-0.25, -0.2) is 13.1 Å². The lowest BCUT2D eigenvalue weighted by molar-refractivity contribution is 0.232. The molecule has 0 saturated carbocycles. The zero-order valence-corrected chi connectivity index (χ0v) is 20.8. The van der Waals surface area contributed by atoms with E-state index in [1.807, 2.05) is 30.3 Å². The molecule has 1 N–H and O–H groups in total. The van der Waals surface area contributed by atoms with Crippen molar-refractivity contribution in [1.82, 2.24) is 19.5 Å². The van der Waals surface area contributed by atoms with Crippen molar-refractivity contribution in [2.45, 2.75) is 17.7 Å². The molecule has 1 aromatic heterocycles. The number of nitrogens with zero attached hydrogens (tertiary/aromatic N) is 3. The molecule has 34 heavy (non-hydrogen) atoms. The number of benzene rings is 2. The first-order valence-electron chi connectivity index (χ1n) is 11.7. The van der Waals surface area contributed by atoms with Gasteiger partial charge in [0.1, 0.15) is 5.75 Å². The summed E-state index contributed by atoms with van der Waals surface area (Å²) in [5.74, 6) is 0.912. The molecule has 0 bridgehead atoms. The molecule has 7 nitrogen and oxygen atoms in total. The van der Waals surface area contributed by atoms with E-state index < -0.39 is 10.0 Å². The van der Waals surface area contributed by atoms with E-state index >= 15 is 0 Å². The zero-order chi connectivity index (χ0) is 23.8. The Hall–Kier alpha value is -2.23. The molecule has 1 aliphatic heterocycles. The molecule has 2 heterocycles. The van der Waals surface area contributed by atoms with Gasteiger partial charge in [0.2, 0.25) is 10.0 Å². The van der Waals surface area contributed by atoms with Gasteiger partial charge in [-0.2, -0.15) is 0 Å². The standard InChI is InChI=1S/C25H31ClN4O3S/c26-23-10-11-24(22-9-4-12-27-25(22)23)34(31,32)28-13-17-30-15-5-14-29(18-19-30)16-6-20-33-21-7-2-1-3-8-21/h1-4,7-12,28H,5-6,13-20H2. The maximum Gasteiger partial charge on any atom is 0.241 e. The summed E-state index contributed by atoms with van der Waals surface area (Å²) in [6, 6.07) is 16.5. The molecule has 2 aromatic carbocycles. The number of pyridine rings is 1. The summed E-state index contributed by atoms with van der Waals surface area (Å²) in [4.78, 5) is 9.22. The van der Waals surface area contributed by atoms with Gasteiger partial charge in [0, 0.05) is 44.3 Å². The third kappa shape index (κ3) is 6.67. The Kier molecular flexibility index (Phi) is 8.74. The number of hydrogen-bond donors (Lipinski definition) is 1. The summed E-state index contributed by atoms with van der Waals surface area (Å²) in [7, 11) is -3.66. The number of hydrogen-bond acceptors (Lipinski definition) is 6. The van der Waals surface area contributed by atoms with Crippen LogP contribution in [-0.4, -0.2) is 75.6 Å². The second-order valence-electron chi connectivity index (χ2n) is 8.39. The lowest BCUT2D eigenvalue weighted by Gasteiger charge is -2.22. The first kappa shape index (κ1) is 24.9. The topological polar surface area (TPSA) is 74.8 Å². The van der Waals surface area contributed by atoms with Crippen molar-refractivity contribution >= 4 is 32.5 Å². The fraction of sp³-hybridized carbons (Fsp3) is 0.400. The van der Waals surface area contributed by atoms with Crippen LogP contribution in [0.3, 0.4) is 0 Å². The predicted octanol–water partition coefficient (Wildman–Crippen LogP) is 3.64. The number of fused-ring (bicyclic) bond motifs is 1. The van der Waals surface area contributed by atoms with Crippen molar-refractivity contribution in [1.29, 1.82) is 0 Å². The molecule has 1 fully saturated rings. The number of nitrogens with one attached hydrogen (secondary N) is 1. The molecular formula is C25H31ClN4O3S. The molecule has 0 radical (unpaired) electrons. The minimum atomic E-state index is -3.66. The highest BCUT2D eigenvalue weighted by atomic mass is 35.5. The molecule has 1 saturated heterocycles. The minimum Gasteiger partial charge on any atom is -0.494 e. The summed E-state index contributed by atoms with van der Waals surface area (Å²) >= 11 is 6.18. The van der Waals surface area contributed by atoms with E-state index in [4.69, 9.17) is 16.3 Å². The Morgan fingerprint density at radius 2 is 1.71 bits per heavy atom. The normalized spacial score (nSPS) is 15.9. The molecule has 182 valence electrons. The average Bonchev–Trinajstić information content (AvgIpc) is 3.08. The van der Waals surface area contributed by atoms with Crippen molar-refractivity contribution in [3.8, 4) is 5.75 Å². The highest BCUT2D eigenvalue weighted by Gasteiger charge is 2.20. The summed E-state index contributed by atoms with van der Waals surface area (Å²) in [6.45, 7) is 6.67. The van der Waals surface area contributed by atoms with Gasteiger partial charge in [-0.05, 0) is 62.3 Å². The van der Waals surface area contributed by atoms with Crippen molar-refractivity contribution in [3.05, 3.63) is 65.8 Å². The number of rotatable bonds is 10. The van der Waals surface area contributed by atoms with E-state index in [0.717, 1.165) is 51.3 Å². The van der Waals surface area contributed by atoms with Gasteiger partial charge in [0.25, 0.3) is 0 Å². The summed E-state index contributed by atoms with van der Waals surface area (Å²) in [6.07, 6.45) is 3.66. The smallest absolute Gasteiger partial charge is 0.241 e. The van der Waals surface area contributed by atoms with Gasteiger partial charge in [-0.3, -0.25) is 4.98 Å². The van der Waals surface area contributed by atoms with Gasteiger partial charge in [-0.1, -0.05) is 29.8 Å². The van der Waals surface area contributed by atoms with Gasteiger partial charge in [-0.15, -0.1) is 0 Å². The van der Waals surface area contributed by atoms with Crippen LogP contribution in [0, 0.1) is 0 Å². The Bertz CT molecular complexity index is 1180. The number of sulfonamides is 1. The largest absolute Gasteiger partial charge is 0.494 e. The van der Waals surface area contributed by atoms with Crippen LogP contribution >= 0.6 is 11.6 Å². The third-order valence-electron chi connectivity index (χ3n) is 6.00. The maximum absolute atomic E-state index is 12.9. The number of aromatic nitrogens is 1. The molecule has 0 unspecified atom stereocenters. The second kappa shape index (κ2) is 12.0. The molecule has 1 aliphatic rings. The van der Waals surface area contributed by atoms with Crippen LogP contribution in [0.15, 0.2) is 65.7 Å². The van der Waals surface area contributed by atoms with Gasteiger partial charge >= 0.3 is 0 Å². The molecule has 4 rings (SSSR count). The van der Waals surface area contributed by atoms with Gasteiger partial charge < -0.3 is 14.5 Å². The molecule has 3 aromatic rings. The van der Waals surface area contributed by atoms with E-state index in [9.17, 15) is 8.42 Å². The van der Waals surface area contributed by atoms with Crippen LogP contribution in [-0.2, 0) is 10.0 Å². The summed E-state index contributed by atoms with van der Waals surface area (Å²) < 4.78 is 34.4. The Balaban J connectivity index is 1.21. The lowest BCUT2D eigenvalue weighted by atomic mass is 10.2. The zero-order valence-electron chi connectivity index (χ0n) is 19.2. The highest BCUT2D eigenvalue weighted by Crippen LogP contribution is 2.27. The molecule has 0 spiro atoms. The van der Waals surface area contributed by atoms with Crippen LogP contribution in [0.5, 0.6) is 5.75 Å². The number of para-hydroxylation sites is 1. The van der Waals surface area contributed by atoms with Crippen molar-refractivity contribution in [2.75, 3.05) is 52.4 Å². The van der Waals surface area contributed by atoms with Gasteiger partial charge in [0.15, 0.2) is 0 Å². The first-order chi connectivity index (χ1) is 16.5. The molecular weight excluding hydrogens is 472 g/mol. The summed E-state index contributed by atoms with van der Waals surface area (Å²) in [5.41, 5.74) is 0.494. The fourth-order valence-corrected chi connectivity index (χ4v) is 5.66. The fourth-order valence-electron chi connectivity index (χ4n) is 4.23. The van der Waals surface area contributed by atoms with Crippen LogP contribution in [0.4, 0.5) is 0 Å². The van der Waals surface area contributed by atoms with E-state index in [1.165, 1.54) is 0 Å². The molecule has 9 heteroatoms. The van der Waals surface area contributed by atoms with Crippen LogP contribution in [0.2, 0.25) is 5.02 Å². The summed E-state index contributed by atoms with van der Waals surface area (Å²) in [5, 5.41) is 0.972. The average molecular weight is 503 g/mol. The number of halogens is 1. The first-order valence-corrected chi connectivity index (χ1v) is 13.5. The number of ether oxygens (including phenoxy) is 1. The van der Waals surface area contributed by atoms with E-state index in [0.29, 0.717) is 35.6 Å². The predicted molar refractivity (Wildman–Crippen MR) is 136 cm³/mol. The lowest BCUT2D eigenvalue weighted by Crippen LogP contribution is -2.37. The Morgan fingerprint density at radius 1 is 0.941 bits per heavy atom. The minimum absolute atomic E-state index is 0.208. The quantitative estimate of drug-likeness (QED) is 0.427. The van der Waals surface area contributed by atoms with E-state index in [-0.39, 0.29) is 4.90 Å². The highest BCUT2D eigenvalue weighted by molar-refractivity contribution is 7.89. The maximum atomic E-state index is 12.9. The second-order valence-corrected chi connectivity index (χ2v) is 10.5. The van der Waals surface area contributed by atoms with E-state index in [1.54, 1.807) is 30.5 Å². The van der Waals surface area contributed by atoms with Crippen LogP contribution in [0.25, 0.3) is 10.9 Å². The molecule has 0 aliphatic carbocycles.